The predicted octanol–water partition coefficient (Wildman–Crippen LogP) is 3.70. The zero-order chi connectivity index (χ0) is 13.7. The van der Waals surface area contributed by atoms with Gasteiger partial charge in [-0.25, -0.2) is 0 Å². The van der Waals surface area contributed by atoms with Crippen LogP contribution in [-0.4, -0.2) is 45.8 Å². The maximum atomic E-state index is 5.72. The number of nitrogens with zero attached hydrogens (tertiary/aromatic N) is 1. The molecule has 0 N–H and O–H groups in total. The molecule has 2 nitrogen and oxygen atoms in total. The van der Waals surface area contributed by atoms with E-state index in [9.17, 15) is 0 Å². The van der Waals surface area contributed by atoms with E-state index in [0.717, 1.165) is 13.2 Å². The van der Waals surface area contributed by atoms with Gasteiger partial charge in [-0.3, -0.25) is 0 Å². The lowest BCUT2D eigenvalue weighted by Gasteiger charge is -2.22. The van der Waals surface area contributed by atoms with Crippen molar-refractivity contribution in [2.24, 2.45) is 5.92 Å². The first-order chi connectivity index (χ1) is 9.04. The second-order valence-corrected chi connectivity index (χ2v) is 12.4. The Kier molecular flexibility index (Phi) is 5.66. The molecule has 0 aromatic rings. The fraction of sp³-hybridized carbons (Fsp3) is 0.875. The van der Waals surface area contributed by atoms with Gasteiger partial charge in [0.1, 0.15) is 0 Å². The highest BCUT2D eigenvalue weighted by Crippen LogP contribution is 2.26. The summed E-state index contributed by atoms with van der Waals surface area (Å²) in [7, 11) is -1.10. The number of hydrogen-bond donors (Lipinski definition) is 0. The van der Waals surface area contributed by atoms with Gasteiger partial charge in [0.2, 0.25) is 0 Å². The Morgan fingerprint density at radius 1 is 1.16 bits per heavy atom. The summed E-state index contributed by atoms with van der Waals surface area (Å²) in [6, 6.07) is 0. The van der Waals surface area contributed by atoms with E-state index in [1.54, 1.807) is 5.57 Å². The zero-order valence-electron chi connectivity index (χ0n) is 13.1. The van der Waals surface area contributed by atoms with Crippen LogP contribution >= 0.6 is 0 Å². The third-order valence-electron chi connectivity index (χ3n) is 4.22. The van der Waals surface area contributed by atoms with Crippen LogP contribution in [0.3, 0.4) is 0 Å². The molecule has 0 aromatic heterocycles. The summed E-state index contributed by atoms with van der Waals surface area (Å²) in [5, 5.41) is 0. The Morgan fingerprint density at radius 2 is 1.84 bits per heavy atom. The van der Waals surface area contributed by atoms with Crippen molar-refractivity contribution in [3.05, 3.63) is 11.3 Å². The Hall–Kier alpha value is -0.123. The fourth-order valence-corrected chi connectivity index (χ4v) is 4.66. The average molecular weight is 282 g/mol. The quantitative estimate of drug-likeness (QED) is 0.729. The van der Waals surface area contributed by atoms with Crippen molar-refractivity contribution < 1.29 is 4.74 Å². The molecular formula is C16H31NOSi. The third-order valence-corrected chi connectivity index (χ3v) is 5.46. The van der Waals surface area contributed by atoms with Crippen LogP contribution in [0.15, 0.2) is 11.3 Å². The van der Waals surface area contributed by atoms with E-state index in [2.05, 4.69) is 30.2 Å². The average Bonchev–Trinajstić information content (AvgIpc) is 2.61. The lowest BCUT2D eigenvalue weighted by Crippen LogP contribution is -2.28. The molecule has 2 aliphatic rings. The van der Waals surface area contributed by atoms with Gasteiger partial charge in [0.25, 0.3) is 0 Å². The summed E-state index contributed by atoms with van der Waals surface area (Å²) in [5.74, 6) is 0.704. The van der Waals surface area contributed by atoms with Crippen LogP contribution in [0.2, 0.25) is 19.6 Å². The van der Waals surface area contributed by atoms with Crippen molar-refractivity contribution in [1.82, 2.24) is 4.90 Å². The molecule has 0 amide bonds. The van der Waals surface area contributed by atoms with E-state index in [-0.39, 0.29) is 0 Å². The van der Waals surface area contributed by atoms with Crippen LogP contribution in [0.25, 0.3) is 0 Å². The molecule has 3 heteroatoms. The summed E-state index contributed by atoms with van der Waals surface area (Å²) in [5.41, 5.74) is 4.18. The van der Waals surface area contributed by atoms with E-state index in [4.69, 9.17) is 4.74 Å². The van der Waals surface area contributed by atoms with E-state index in [0.29, 0.717) is 5.92 Å². The lowest BCUT2D eigenvalue weighted by atomic mass is 10.0. The molecular weight excluding hydrogens is 250 g/mol. The van der Waals surface area contributed by atoms with E-state index < -0.39 is 8.07 Å². The molecule has 2 aliphatic heterocycles. The Morgan fingerprint density at radius 3 is 2.47 bits per heavy atom. The molecule has 19 heavy (non-hydrogen) atoms. The van der Waals surface area contributed by atoms with E-state index in [1.807, 2.05) is 0 Å². The van der Waals surface area contributed by atoms with Crippen molar-refractivity contribution in [3.63, 3.8) is 0 Å². The van der Waals surface area contributed by atoms with Crippen molar-refractivity contribution in [1.29, 1.82) is 0 Å². The Balaban J connectivity index is 1.82. The van der Waals surface area contributed by atoms with Crippen LogP contribution in [0.5, 0.6) is 0 Å². The van der Waals surface area contributed by atoms with Crippen LogP contribution in [-0.2, 0) is 4.74 Å². The minimum Gasteiger partial charge on any atom is -0.376 e. The van der Waals surface area contributed by atoms with Crippen LogP contribution in [0.1, 0.15) is 32.1 Å². The van der Waals surface area contributed by atoms with Gasteiger partial charge in [-0.1, -0.05) is 38.2 Å². The van der Waals surface area contributed by atoms with Crippen molar-refractivity contribution in [2.45, 2.75) is 51.7 Å². The maximum Gasteiger partial charge on any atom is 0.0687 e. The van der Waals surface area contributed by atoms with Gasteiger partial charge >= 0.3 is 0 Å². The topological polar surface area (TPSA) is 12.5 Å². The normalized spacial score (nSPS) is 28.8. The summed E-state index contributed by atoms with van der Waals surface area (Å²) in [4.78, 5) is 2.68. The first-order valence-corrected chi connectivity index (χ1v) is 11.6. The molecule has 1 unspecified atom stereocenters. The van der Waals surface area contributed by atoms with Crippen LogP contribution in [0, 0.1) is 5.92 Å². The second kappa shape index (κ2) is 7.05. The molecule has 1 atom stereocenters. The number of ether oxygens (including phenoxy) is 1. The van der Waals surface area contributed by atoms with E-state index in [1.165, 1.54) is 51.7 Å². The fourth-order valence-electron chi connectivity index (χ4n) is 3.23. The molecule has 2 fully saturated rings. The highest BCUT2D eigenvalue weighted by atomic mass is 28.3. The highest BCUT2D eigenvalue weighted by Gasteiger charge is 2.24. The standard InChI is InChI=1S/C16H31NOSi/c1-19(2,3)14-16-13-18-12-15(16)8-11-17-9-6-4-5-7-10-17/h14-15H,4-13H2,1-3H3/b16-14+. The van der Waals surface area contributed by atoms with Gasteiger partial charge in [-0.05, 0) is 44.5 Å². The largest absolute Gasteiger partial charge is 0.376 e. The molecule has 0 radical (unpaired) electrons. The first kappa shape index (κ1) is 15.3. The number of likely N-dealkylation sites (tertiary alicyclic amines) is 1. The SMILES string of the molecule is C[Si](C)(C)/C=C1\COCC1CCN1CCCCCC1. The van der Waals surface area contributed by atoms with E-state index >= 15 is 0 Å². The molecule has 2 rings (SSSR count). The second-order valence-electron chi connectivity index (χ2n) is 7.34. The first-order valence-electron chi connectivity index (χ1n) is 8.06. The minimum atomic E-state index is -1.10. The zero-order valence-corrected chi connectivity index (χ0v) is 14.1. The molecule has 0 aromatic carbocycles. The number of hydrogen-bond acceptors (Lipinski definition) is 2. The summed E-state index contributed by atoms with van der Waals surface area (Å²) in [6.45, 7) is 13.0. The smallest absolute Gasteiger partial charge is 0.0687 e. The van der Waals surface area contributed by atoms with Gasteiger partial charge in [-0.15, -0.1) is 0 Å². The monoisotopic (exact) mass is 281 g/mol. The predicted molar refractivity (Wildman–Crippen MR) is 85.3 cm³/mol. The molecule has 0 bridgehead atoms. The highest BCUT2D eigenvalue weighted by molar-refractivity contribution is 6.81. The molecule has 2 heterocycles. The Bertz CT molecular complexity index is 300. The third kappa shape index (κ3) is 5.40. The molecule has 0 aliphatic carbocycles. The summed E-state index contributed by atoms with van der Waals surface area (Å²) >= 11 is 0. The molecule has 0 spiro atoms. The number of rotatable bonds is 4. The van der Waals surface area contributed by atoms with Crippen molar-refractivity contribution in [3.8, 4) is 0 Å². The minimum absolute atomic E-state index is 0.704. The lowest BCUT2D eigenvalue weighted by molar-refractivity contribution is 0.179. The van der Waals surface area contributed by atoms with Crippen molar-refractivity contribution in [2.75, 3.05) is 32.8 Å². The van der Waals surface area contributed by atoms with Gasteiger partial charge in [-0.2, -0.15) is 0 Å². The molecule has 110 valence electrons. The Labute approximate surface area is 120 Å². The maximum absolute atomic E-state index is 5.72. The summed E-state index contributed by atoms with van der Waals surface area (Å²) in [6.07, 6.45) is 6.97. The molecule has 2 saturated heterocycles. The van der Waals surface area contributed by atoms with Crippen LogP contribution < -0.4 is 0 Å². The van der Waals surface area contributed by atoms with Gasteiger partial charge in [0, 0.05) is 5.92 Å². The van der Waals surface area contributed by atoms with Gasteiger partial charge < -0.3 is 9.64 Å². The van der Waals surface area contributed by atoms with Crippen LogP contribution in [0.4, 0.5) is 0 Å². The molecule has 0 saturated carbocycles. The van der Waals surface area contributed by atoms with Crippen molar-refractivity contribution >= 4 is 8.07 Å². The van der Waals surface area contributed by atoms with Gasteiger partial charge in [0.05, 0.1) is 21.3 Å². The van der Waals surface area contributed by atoms with Gasteiger partial charge in [0.15, 0.2) is 0 Å². The summed E-state index contributed by atoms with van der Waals surface area (Å²) < 4.78 is 5.72.